The molecule has 0 bridgehead atoms. The van der Waals surface area contributed by atoms with Crippen LogP contribution in [-0.4, -0.2) is 32.8 Å². The topological polar surface area (TPSA) is 98.0 Å². The second-order valence-corrected chi connectivity index (χ2v) is 4.99. The number of hydrogen-bond donors (Lipinski definition) is 4. The monoisotopic (exact) mass is 266 g/mol. The summed E-state index contributed by atoms with van der Waals surface area (Å²) in [6, 6.07) is 1.54. The van der Waals surface area contributed by atoms with Crippen LogP contribution < -0.4 is 0 Å². The average Bonchev–Trinajstić information content (AvgIpc) is 2.62. The molecule has 0 saturated carbocycles. The average molecular weight is 266 g/mol. The van der Waals surface area contributed by atoms with E-state index in [2.05, 4.69) is 0 Å². The van der Waals surface area contributed by atoms with Gasteiger partial charge in [0.25, 0.3) is 0 Å². The molecule has 5 heteroatoms. The van der Waals surface area contributed by atoms with Gasteiger partial charge in [0, 0.05) is 11.5 Å². The first-order chi connectivity index (χ1) is 8.93. The summed E-state index contributed by atoms with van der Waals surface area (Å²) in [4.78, 5) is 12.1. The Hall–Kier alpha value is -1.27. The van der Waals surface area contributed by atoms with E-state index in [9.17, 15) is 20.1 Å². The number of Topliss-reactive ketones (excluding diaryl/α,β-unsaturated/α-hetero) is 1. The van der Waals surface area contributed by atoms with Crippen LogP contribution in [0.25, 0.3) is 0 Å². The van der Waals surface area contributed by atoms with Crippen molar-refractivity contribution in [1.29, 1.82) is 0 Å². The number of hydrogen-bond acceptors (Lipinski definition) is 5. The van der Waals surface area contributed by atoms with Crippen LogP contribution in [0.5, 0.6) is 0 Å². The van der Waals surface area contributed by atoms with Crippen molar-refractivity contribution in [1.82, 2.24) is 0 Å². The second kappa shape index (κ2) is 5.02. The predicted molar refractivity (Wildman–Crippen MR) is 67.6 cm³/mol. The summed E-state index contributed by atoms with van der Waals surface area (Å²) in [6.07, 6.45) is -2.03. The van der Waals surface area contributed by atoms with Crippen LogP contribution in [0.2, 0.25) is 0 Å². The third kappa shape index (κ3) is 1.99. The lowest BCUT2D eigenvalue weighted by Gasteiger charge is -2.19. The maximum absolute atomic E-state index is 12.1. The van der Waals surface area contributed by atoms with Crippen molar-refractivity contribution in [2.75, 3.05) is 6.61 Å². The number of rotatable bonds is 3. The van der Waals surface area contributed by atoms with Gasteiger partial charge in [-0.15, -0.1) is 0 Å². The van der Waals surface area contributed by atoms with Crippen LogP contribution >= 0.6 is 0 Å². The van der Waals surface area contributed by atoms with E-state index in [1.54, 1.807) is 19.9 Å². The molecule has 0 spiro atoms. The first-order valence-electron chi connectivity index (χ1n) is 6.22. The molecule has 0 radical (unpaired) electrons. The minimum Gasteiger partial charge on any atom is -0.393 e. The molecule has 0 heterocycles. The van der Waals surface area contributed by atoms with Crippen molar-refractivity contribution in [2.45, 2.75) is 32.7 Å². The molecule has 2 rings (SSSR count). The van der Waals surface area contributed by atoms with Gasteiger partial charge in [-0.05, 0) is 35.2 Å². The van der Waals surface area contributed by atoms with Crippen molar-refractivity contribution in [3.05, 3.63) is 33.9 Å². The molecule has 0 aliphatic heterocycles. The fourth-order valence-electron chi connectivity index (χ4n) is 2.82. The van der Waals surface area contributed by atoms with E-state index in [0.29, 0.717) is 27.8 Å². The molecule has 1 aromatic rings. The van der Waals surface area contributed by atoms with Crippen molar-refractivity contribution in [3.8, 4) is 0 Å². The van der Waals surface area contributed by atoms with Gasteiger partial charge in [-0.25, -0.2) is 0 Å². The third-order valence-corrected chi connectivity index (χ3v) is 3.87. The maximum Gasteiger partial charge on any atom is 0.169 e. The highest BCUT2D eigenvalue weighted by atomic mass is 16.3. The third-order valence-electron chi connectivity index (χ3n) is 3.87. The van der Waals surface area contributed by atoms with Crippen LogP contribution in [0.4, 0.5) is 0 Å². The molecule has 5 nitrogen and oxygen atoms in total. The molecular weight excluding hydrogens is 248 g/mol. The van der Waals surface area contributed by atoms with Crippen LogP contribution in [0.1, 0.15) is 51.7 Å². The number of ketones is 1. The van der Waals surface area contributed by atoms with Crippen LogP contribution in [0, 0.1) is 12.8 Å². The highest BCUT2D eigenvalue weighted by molar-refractivity contribution is 6.04. The van der Waals surface area contributed by atoms with Crippen LogP contribution in [0.3, 0.4) is 0 Å². The summed E-state index contributed by atoms with van der Waals surface area (Å²) < 4.78 is 0. The Bertz CT molecular complexity index is 523. The van der Waals surface area contributed by atoms with E-state index in [1.165, 1.54) is 0 Å². The molecule has 0 fully saturated rings. The lowest BCUT2D eigenvalue weighted by molar-refractivity contribution is 0.0790. The van der Waals surface area contributed by atoms with E-state index >= 15 is 0 Å². The Balaban J connectivity index is 2.71. The van der Waals surface area contributed by atoms with Gasteiger partial charge in [0.2, 0.25) is 0 Å². The van der Waals surface area contributed by atoms with E-state index in [1.807, 2.05) is 0 Å². The Kier molecular flexibility index (Phi) is 3.73. The fraction of sp³-hybridized carbons (Fsp3) is 0.500. The molecular formula is C14H18O5. The molecule has 104 valence electrons. The summed E-state index contributed by atoms with van der Waals surface area (Å²) in [5.41, 5.74) is 2.22. The minimum atomic E-state index is -1.15. The number of aliphatic hydroxyl groups is 4. The Morgan fingerprint density at radius 2 is 2.00 bits per heavy atom. The number of aliphatic hydroxyl groups excluding tert-OH is 4. The second-order valence-electron chi connectivity index (χ2n) is 4.99. The largest absolute Gasteiger partial charge is 0.393 e. The van der Waals surface area contributed by atoms with Gasteiger partial charge in [-0.2, -0.15) is 0 Å². The quantitative estimate of drug-likeness (QED) is 0.634. The number of benzene rings is 1. The lowest BCUT2D eigenvalue weighted by Crippen LogP contribution is -2.13. The van der Waals surface area contributed by atoms with Crippen LogP contribution in [-0.2, 0) is 6.61 Å². The number of carbonyl (C=O) groups is 1. The molecule has 4 N–H and O–H groups in total. The number of fused-ring (bicyclic) bond motifs is 1. The standard InChI is InChI=1S/C14H18O5/c1-6-11(10(17)5-16)8(4-15)3-9-12(6)14(19)7(2)13(9)18/h3,7,10,13,15-18H,4-5H2,1-2H3/t7-,10?,13-/m0/s1. The van der Waals surface area contributed by atoms with Crippen LogP contribution in [0.15, 0.2) is 6.07 Å². The molecule has 19 heavy (non-hydrogen) atoms. The molecule has 1 aromatic carbocycles. The summed E-state index contributed by atoms with van der Waals surface area (Å²) in [6.45, 7) is 2.50. The molecule has 0 amide bonds. The zero-order valence-corrected chi connectivity index (χ0v) is 10.9. The van der Waals surface area contributed by atoms with E-state index in [4.69, 9.17) is 5.11 Å². The van der Waals surface area contributed by atoms with Gasteiger partial charge in [0.15, 0.2) is 5.78 Å². The van der Waals surface area contributed by atoms with Crippen molar-refractivity contribution in [2.24, 2.45) is 5.92 Å². The van der Waals surface area contributed by atoms with Crippen molar-refractivity contribution >= 4 is 5.78 Å². The molecule has 0 saturated heterocycles. The summed E-state index contributed by atoms with van der Waals surface area (Å²) in [5, 5.41) is 38.3. The Morgan fingerprint density at radius 3 is 2.53 bits per heavy atom. The van der Waals surface area contributed by atoms with Gasteiger partial charge in [-0.3, -0.25) is 4.79 Å². The Labute approximate surface area is 111 Å². The van der Waals surface area contributed by atoms with Gasteiger partial charge in [0.1, 0.15) is 6.10 Å². The highest BCUT2D eigenvalue weighted by Gasteiger charge is 2.38. The zero-order chi connectivity index (χ0) is 14.3. The highest BCUT2D eigenvalue weighted by Crippen LogP contribution is 2.41. The molecule has 3 atom stereocenters. The minimum absolute atomic E-state index is 0.170. The lowest BCUT2D eigenvalue weighted by atomic mass is 9.90. The predicted octanol–water partition coefficient (Wildman–Crippen LogP) is 0.379. The smallest absolute Gasteiger partial charge is 0.169 e. The van der Waals surface area contributed by atoms with E-state index < -0.39 is 24.7 Å². The van der Waals surface area contributed by atoms with Crippen molar-refractivity contribution < 1.29 is 25.2 Å². The molecule has 1 aliphatic rings. The molecule has 0 aromatic heterocycles. The van der Waals surface area contributed by atoms with E-state index in [0.717, 1.165) is 0 Å². The van der Waals surface area contributed by atoms with Gasteiger partial charge >= 0.3 is 0 Å². The van der Waals surface area contributed by atoms with E-state index in [-0.39, 0.29) is 12.4 Å². The first-order valence-corrected chi connectivity index (χ1v) is 6.22. The molecule has 1 aliphatic carbocycles. The number of carbonyl (C=O) groups excluding carboxylic acids is 1. The van der Waals surface area contributed by atoms with Crippen molar-refractivity contribution in [3.63, 3.8) is 0 Å². The van der Waals surface area contributed by atoms with Gasteiger partial charge in [-0.1, -0.05) is 6.92 Å². The SMILES string of the molecule is Cc1c2c(cc(CO)c1C(O)CO)[C@@H](O)[C@H](C)C2=O. The van der Waals surface area contributed by atoms with Gasteiger partial charge in [0.05, 0.1) is 19.3 Å². The van der Waals surface area contributed by atoms with Gasteiger partial charge < -0.3 is 20.4 Å². The summed E-state index contributed by atoms with van der Waals surface area (Å²) >= 11 is 0. The first kappa shape index (κ1) is 14.1. The molecule has 1 unspecified atom stereocenters. The maximum atomic E-state index is 12.1. The summed E-state index contributed by atoms with van der Waals surface area (Å²) in [5.74, 6) is -0.697. The zero-order valence-electron chi connectivity index (χ0n) is 10.9. The Morgan fingerprint density at radius 1 is 1.37 bits per heavy atom. The summed E-state index contributed by atoms with van der Waals surface area (Å²) in [7, 11) is 0. The normalized spacial score (nSPS) is 23.6. The fourth-order valence-corrected chi connectivity index (χ4v) is 2.82.